The van der Waals surface area contributed by atoms with Crippen molar-refractivity contribution in [2.45, 2.75) is 19.9 Å². The number of hydrogen-bond donors (Lipinski definition) is 1. The number of rotatable bonds is 7. The van der Waals surface area contributed by atoms with Gasteiger partial charge in [-0.2, -0.15) is 10.2 Å². The van der Waals surface area contributed by atoms with Crippen molar-refractivity contribution in [2.75, 3.05) is 6.54 Å². The van der Waals surface area contributed by atoms with Crippen LogP contribution in [-0.4, -0.2) is 36.9 Å². The van der Waals surface area contributed by atoms with Crippen LogP contribution in [0.3, 0.4) is 0 Å². The first-order chi connectivity index (χ1) is 13.5. The topological polar surface area (TPSA) is 125 Å². The van der Waals surface area contributed by atoms with E-state index in [2.05, 4.69) is 15.5 Å². The van der Waals surface area contributed by atoms with Gasteiger partial charge in [-0.1, -0.05) is 12.1 Å². The van der Waals surface area contributed by atoms with Crippen molar-refractivity contribution >= 4 is 11.6 Å². The normalized spacial score (nSPS) is 10.6. The average Bonchev–Trinajstić information content (AvgIpc) is 3.18. The van der Waals surface area contributed by atoms with E-state index >= 15 is 0 Å². The number of para-hydroxylation sites is 2. The highest BCUT2D eigenvalue weighted by atomic mass is 16.6. The summed E-state index contributed by atoms with van der Waals surface area (Å²) in [5.74, 6) is -0.627. The summed E-state index contributed by atoms with van der Waals surface area (Å²) >= 11 is 0. The minimum Gasteiger partial charge on any atom is -0.350 e. The first-order valence-electron chi connectivity index (χ1n) is 8.58. The quantitative estimate of drug-likeness (QED) is 0.375. The maximum atomic E-state index is 12.4. The van der Waals surface area contributed by atoms with Gasteiger partial charge in [0.15, 0.2) is 5.69 Å². The Hall–Kier alpha value is -3.82. The summed E-state index contributed by atoms with van der Waals surface area (Å²) in [6.07, 6.45) is 4.10. The van der Waals surface area contributed by atoms with E-state index in [4.69, 9.17) is 0 Å². The molecule has 0 spiro atoms. The standard InChI is InChI=1S/C18H18N6O4/c1-13-12-16(25)17(18(26)19-8-4-10-22-11-5-9-20-22)21-23(13)14-6-2-3-7-15(14)24(27)28/h2-3,5-7,9,11-12H,4,8,10H2,1H3,(H,19,26). The van der Waals surface area contributed by atoms with Crippen molar-refractivity contribution in [1.29, 1.82) is 0 Å². The summed E-state index contributed by atoms with van der Waals surface area (Å²) in [6, 6.07) is 9.05. The molecule has 0 bridgehead atoms. The molecule has 0 saturated heterocycles. The van der Waals surface area contributed by atoms with Gasteiger partial charge in [-0.3, -0.25) is 24.4 Å². The molecule has 10 heteroatoms. The second kappa shape index (κ2) is 8.25. The van der Waals surface area contributed by atoms with Gasteiger partial charge in [-0.25, -0.2) is 4.68 Å². The number of hydrogen-bond acceptors (Lipinski definition) is 6. The average molecular weight is 382 g/mol. The van der Waals surface area contributed by atoms with Gasteiger partial charge in [0, 0.05) is 43.3 Å². The van der Waals surface area contributed by atoms with Gasteiger partial charge in [0.05, 0.1) is 4.92 Å². The fourth-order valence-corrected chi connectivity index (χ4v) is 2.71. The van der Waals surface area contributed by atoms with E-state index in [0.29, 0.717) is 25.2 Å². The number of aromatic nitrogens is 4. The largest absolute Gasteiger partial charge is 0.350 e. The van der Waals surface area contributed by atoms with Gasteiger partial charge in [0.25, 0.3) is 11.6 Å². The maximum absolute atomic E-state index is 12.4. The van der Waals surface area contributed by atoms with Crippen LogP contribution >= 0.6 is 0 Å². The number of nitro benzene ring substituents is 1. The number of nitro groups is 1. The Labute approximate surface area is 159 Å². The molecule has 2 heterocycles. The van der Waals surface area contributed by atoms with Crippen LogP contribution in [0.25, 0.3) is 5.69 Å². The van der Waals surface area contributed by atoms with Crippen molar-refractivity contribution in [3.05, 3.63) is 80.5 Å². The molecule has 0 radical (unpaired) electrons. The molecular formula is C18H18N6O4. The van der Waals surface area contributed by atoms with Gasteiger partial charge >= 0.3 is 0 Å². The lowest BCUT2D eigenvalue weighted by Crippen LogP contribution is -2.33. The van der Waals surface area contributed by atoms with Crippen LogP contribution in [0.5, 0.6) is 0 Å². The Kier molecular flexibility index (Phi) is 5.58. The molecule has 28 heavy (non-hydrogen) atoms. The molecule has 3 rings (SSSR count). The Morgan fingerprint density at radius 1 is 1.29 bits per heavy atom. The molecular weight excluding hydrogens is 364 g/mol. The molecule has 144 valence electrons. The van der Waals surface area contributed by atoms with Crippen LogP contribution in [0, 0.1) is 17.0 Å². The van der Waals surface area contributed by atoms with E-state index in [1.54, 1.807) is 29.9 Å². The monoisotopic (exact) mass is 382 g/mol. The molecule has 0 aliphatic carbocycles. The molecule has 0 atom stereocenters. The van der Waals surface area contributed by atoms with Crippen LogP contribution in [0.2, 0.25) is 0 Å². The lowest BCUT2D eigenvalue weighted by molar-refractivity contribution is -0.384. The fourth-order valence-electron chi connectivity index (χ4n) is 2.71. The third-order valence-electron chi connectivity index (χ3n) is 4.04. The highest BCUT2D eigenvalue weighted by Crippen LogP contribution is 2.22. The molecule has 0 unspecified atom stereocenters. The predicted molar refractivity (Wildman–Crippen MR) is 100 cm³/mol. The zero-order valence-corrected chi connectivity index (χ0v) is 15.1. The van der Waals surface area contributed by atoms with E-state index in [1.807, 2.05) is 6.20 Å². The summed E-state index contributed by atoms with van der Waals surface area (Å²) in [4.78, 5) is 35.4. The van der Waals surface area contributed by atoms with Crippen LogP contribution < -0.4 is 10.7 Å². The number of nitrogens with one attached hydrogen (secondary N) is 1. The Morgan fingerprint density at radius 2 is 2.07 bits per heavy atom. The van der Waals surface area contributed by atoms with Gasteiger partial charge in [0.2, 0.25) is 5.43 Å². The molecule has 0 fully saturated rings. The van der Waals surface area contributed by atoms with E-state index in [0.717, 1.165) is 0 Å². The second-order valence-electron chi connectivity index (χ2n) is 6.03. The van der Waals surface area contributed by atoms with Crippen LogP contribution in [0.4, 0.5) is 5.69 Å². The van der Waals surface area contributed by atoms with Crippen LogP contribution in [0.15, 0.2) is 53.6 Å². The van der Waals surface area contributed by atoms with Crippen molar-refractivity contribution in [3.8, 4) is 5.69 Å². The lowest BCUT2D eigenvalue weighted by Gasteiger charge is -2.11. The number of nitrogens with zero attached hydrogens (tertiary/aromatic N) is 5. The number of carbonyl (C=O) groups excluding carboxylic acids is 1. The van der Waals surface area contributed by atoms with Gasteiger partial charge in [0.1, 0.15) is 5.69 Å². The van der Waals surface area contributed by atoms with E-state index in [-0.39, 0.29) is 17.1 Å². The van der Waals surface area contributed by atoms with Gasteiger partial charge in [-0.15, -0.1) is 0 Å². The highest BCUT2D eigenvalue weighted by Gasteiger charge is 2.19. The van der Waals surface area contributed by atoms with Crippen molar-refractivity contribution < 1.29 is 9.72 Å². The second-order valence-corrected chi connectivity index (χ2v) is 6.03. The molecule has 1 N–H and O–H groups in total. The van der Waals surface area contributed by atoms with Crippen molar-refractivity contribution in [3.63, 3.8) is 0 Å². The Bertz CT molecular complexity index is 1060. The smallest absolute Gasteiger partial charge is 0.294 e. The predicted octanol–water partition coefficient (Wildman–Crippen LogP) is 1.47. The van der Waals surface area contributed by atoms with E-state index in [9.17, 15) is 19.7 Å². The zero-order valence-electron chi connectivity index (χ0n) is 15.1. The maximum Gasteiger partial charge on any atom is 0.294 e. The van der Waals surface area contributed by atoms with Crippen LogP contribution in [0.1, 0.15) is 22.6 Å². The summed E-state index contributed by atoms with van der Waals surface area (Å²) in [5, 5.41) is 22.1. The third kappa shape index (κ3) is 4.11. The summed E-state index contributed by atoms with van der Waals surface area (Å²) < 4.78 is 2.97. The number of carbonyl (C=O) groups is 1. The van der Waals surface area contributed by atoms with Crippen molar-refractivity contribution in [1.82, 2.24) is 24.9 Å². The fraction of sp³-hybridized carbons (Fsp3) is 0.222. The summed E-state index contributed by atoms with van der Waals surface area (Å²) in [5.41, 5.74) is -0.473. The Morgan fingerprint density at radius 3 is 2.79 bits per heavy atom. The number of benzene rings is 1. The minimum atomic E-state index is -0.627. The molecule has 3 aromatic rings. The summed E-state index contributed by atoms with van der Waals surface area (Å²) in [7, 11) is 0. The highest BCUT2D eigenvalue weighted by molar-refractivity contribution is 5.92. The zero-order chi connectivity index (χ0) is 20.1. The number of amides is 1. The van der Waals surface area contributed by atoms with Gasteiger partial charge in [-0.05, 0) is 25.5 Å². The minimum absolute atomic E-state index is 0.174. The first kappa shape index (κ1) is 19.0. The summed E-state index contributed by atoms with van der Waals surface area (Å²) in [6.45, 7) is 2.55. The third-order valence-corrected chi connectivity index (χ3v) is 4.04. The van der Waals surface area contributed by atoms with E-state index in [1.165, 1.54) is 28.9 Å². The lowest BCUT2D eigenvalue weighted by atomic mass is 10.2. The Balaban J connectivity index is 1.80. The molecule has 2 aromatic heterocycles. The van der Waals surface area contributed by atoms with Crippen molar-refractivity contribution in [2.24, 2.45) is 0 Å². The first-order valence-corrected chi connectivity index (χ1v) is 8.58. The molecule has 0 aliphatic heterocycles. The SMILES string of the molecule is Cc1cc(=O)c(C(=O)NCCCn2cccn2)nn1-c1ccccc1[N+](=O)[O-]. The molecule has 1 amide bonds. The molecule has 10 nitrogen and oxygen atoms in total. The number of aryl methyl sites for hydroxylation is 2. The molecule has 1 aromatic carbocycles. The van der Waals surface area contributed by atoms with Gasteiger partial charge < -0.3 is 5.32 Å². The van der Waals surface area contributed by atoms with Crippen LogP contribution in [-0.2, 0) is 6.54 Å². The van der Waals surface area contributed by atoms with E-state index < -0.39 is 16.3 Å². The molecule has 0 saturated carbocycles. The molecule has 0 aliphatic rings.